The molecular weight excluding hydrogens is 140 g/mol. The van der Waals surface area contributed by atoms with Crippen LogP contribution in [0.2, 0.25) is 0 Å². The van der Waals surface area contributed by atoms with Gasteiger partial charge >= 0.3 is 0 Å². The van der Waals surface area contributed by atoms with Crippen LogP contribution in [0, 0.1) is 0 Å². The number of aromatic nitrogens is 2. The first-order valence-corrected chi connectivity index (χ1v) is 3.41. The van der Waals surface area contributed by atoms with Crippen molar-refractivity contribution in [3.05, 3.63) is 30.9 Å². The number of nitrogens with zero attached hydrogens (tertiary/aromatic N) is 2. The highest BCUT2D eigenvalue weighted by molar-refractivity contribution is 5.54. The third kappa shape index (κ3) is 2.04. The van der Waals surface area contributed by atoms with Gasteiger partial charge in [-0.05, 0) is 6.92 Å². The first-order valence-electron chi connectivity index (χ1n) is 3.41. The molecule has 1 aromatic heterocycles. The summed E-state index contributed by atoms with van der Waals surface area (Å²) in [5.74, 6) is 0.619. The largest absolute Gasteiger partial charge is 0.494 e. The van der Waals surface area contributed by atoms with Gasteiger partial charge < -0.3 is 4.74 Å². The van der Waals surface area contributed by atoms with E-state index in [0.717, 1.165) is 5.56 Å². The number of ether oxygens (including phenoxy) is 1. The van der Waals surface area contributed by atoms with Crippen LogP contribution in [0.3, 0.4) is 0 Å². The van der Waals surface area contributed by atoms with Crippen LogP contribution in [-0.2, 0) is 4.74 Å². The van der Waals surface area contributed by atoms with Crippen molar-refractivity contribution in [1.29, 1.82) is 0 Å². The monoisotopic (exact) mass is 150 g/mol. The summed E-state index contributed by atoms with van der Waals surface area (Å²) in [6.07, 6.45) is 4.82. The fourth-order valence-electron chi connectivity index (χ4n) is 0.701. The highest BCUT2D eigenvalue weighted by Crippen LogP contribution is 2.09. The van der Waals surface area contributed by atoms with Gasteiger partial charge in [0.15, 0.2) is 0 Å². The van der Waals surface area contributed by atoms with Gasteiger partial charge in [0.1, 0.15) is 12.1 Å². The molecule has 0 saturated heterocycles. The molecule has 0 unspecified atom stereocenters. The molecule has 1 heterocycles. The lowest BCUT2D eigenvalue weighted by Gasteiger charge is -2.04. The Morgan fingerprint density at radius 1 is 1.55 bits per heavy atom. The van der Waals surface area contributed by atoms with Crippen LogP contribution in [0.25, 0.3) is 5.76 Å². The Bertz CT molecular complexity index is 233. The van der Waals surface area contributed by atoms with E-state index in [-0.39, 0.29) is 0 Å². The Labute approximate surface area is 65.8 Å². The van der Waals surface area contributed by atoms with E-state index in [1.807, 2.05) is 6.92 Å². The maximum Gasteiger partial charge on any atom is 0.122 e. The normalized spacial score (nSPS) is 9.18. The van der Waals surface area contributed by atoms with Gasteiger partial charge in [-0.3, -0.25) is 0 Å². The molecule has 1 aromatic rings. The van der Waals surface area contributed by atoms with Gasteiger partial charge in [-0.15, -0.1) is 0 Å². The molecule has 1 rings (SSSR count). The lowest BCUT2D eigenvalue weighted by molar-refractivity contribution is 0.299. The number of rotatable bonds is 3. The van der Waals surface area contributed by atoms with E-state index in [0.29, 0.717) is 12.4 Å². The van der Waals surface area contributed by atoms with Crippen molar-refractivity contribution >= 4 is 5.76 Å². The lowest BCUT2D eigenvalue weighted by Crippen LogP contribution is -1.91. The Kier molecular flexibility index (Phi) is 2.60. The van der Waals surface area contributed by atoms with Gasteiger partial charge in [0.05, 0.1) is 12.2 Å². The second-order valence-corrected chi connectivity index (χ2v) is 1.98. The molecule has 0 aliphatic heterocycles. The minimum absolute atomic E-state index is 0.619. The minimum Gasteiger partial charge on any atom is -0.494 e. The van der Waals surface area contributed by atoms with Gasteiger partial charge in [-0.1, -0.05) is 6.58 Å². The van der Waals surface area contributed by atoms with Crippen molar-refractivity contribution in [3.63, 3.8) is 0 Å². The van der Waals surface area contributed by atoms with Gasteiger partial charge in [0.25, 0.3) is 0 Å². The van der Waals surface area contributed by atoms with E-state index in [9.17, 15) is 0 Å². The number of hydrogen-bond donors (Lipinski definition) is 0. The average molecular weight is 150 g/mol. The fraction of sp³-hybridized carbons (Fsp3) is 0.250. The predicted molar refractivity (Wildman–Crippen MR) is 42.7 cm³/mol. The second kappa shape index (κ2) is 3.71. The van der Waals surface area contributed by atoms with Crippen molar-refractivity contribution in [1.82, 2.24) is 9.97 Å². The zero-order chi connectivity index (χ0) is 8.10. The zero-order valence-electron chi connectivity index (χ0n) is 6.45. The maximum atomic E-state index is 5.15. The molecule has 0 aliphatic carbocycles. The molecule has 0 saturated carbocycles. The molecule has 0 atom stereocenters. The van der Waals surface area contributed by atoms with E-state index in [1.165, 1.54) is 6.33 Å². The molecule has 0 spiro atoms. The Balaban J connectivity index is 2.69. The predicted octanol–water partition coefficient (Wildman–Crippen LogP) is 1.48. The molecular formula is C8H10N2O. The topological polar surface area (TPSA) is 35.0 Å². The molecule has 0 radical (unpaired) electrons. The summed E-state index contributed by atoms with van der Waals surface area (Å²) in [6.45, 7) is 6.24. The van der Waals surface area contributed by atoms with Crippen LogP contribution >= 0.6 is 0 Å². The Morgan fingerprint density at radius 2 is 2.18 bits per heavy atom. The van der Waals surface area contributed by atoms with E-state index in [4.69, 9.17) is 4.74 Å². The van der Waals surface area contributed by atoms with Crippen molar-refractivity contribution in [2.45, 2.75) is 6.92 Å². The summed E-state index contributed by atoms with van der Waals surface area (Å²) in [5, 5.41) is 0. The molecule has 0 amide bonds. The summed E-state index contributed by atoms with van der Waals surface area (Å²) in [4.78, 5) is 7.67. The van der Waals surface area contributed by atoms with Gasteiger partial charge in [0.2, 0.25) is 0 Å². The van der Waals surface area contributed by atoms with Crippen molar-refractivity contribution in [2.75, 3.05) is 6.61 Å². The highest BCUT2D eigenvalue weighted by Gasteiger charge is 1.96. The SMILES string of the molecule is C=C(OCC)c1cncnc1. The fourth-order valence-corrected chi connectivity index (χ4v) is 0.701. The smallest absolute Gasteiger partial charge is 0.122 e. The quantitative estimate of drug-likeness (QED) is 0.612. The molecule has 11 heavy (non-hydrogen) atoms. The summed E-state index contributed by atoms with van der Waals surface area (Å²) >= 11 is 0. The molecule has 0 aliphatic rings. The summed E-state index contributed by atoms with van der Waals surface area (Å²) in [5.41, 5.74) is 0.828. The van der Waals surface area contributed by atoms with Crippen molar-refractivity contribution < 1.29 is 4.74 Å². The molecule has 3 heteroatoms. The Morgan fingerprint density at radius 3 is 2.73 bits per heavy atom. The van der Waals surface area contributed by atoms with Crippen LogP contribution < -0.4 is 0 Å². The minimum atomic E-state index is 0.619. The van der Waals surface area contributed by atoms with Crippen LogP contribution in [0.5, 0.6) is 0 Å². The zero-order valence-corrected chi connectivity index (χ0v) is 6.45. The number of hydrogen-bond acceptors (Lipinski definition) is 3. The highest BCUT2D eigenvalue weighted by atomic mass is 16.5. The summed E-state index contributed by atoms with van der Waals surface area (Å²) in [7, 11) is 0. The first-order chi connectivity index (χ1) is 5.34. The average Bonchev–Trinajstić information content (AvgIpc) is 2.07. The molecule has 0 bridgehead atoms. The Hall–Kier alpha value is -1.38. The third-order valence-corrected chi connectivity index (χ3v) is 1.20. The second-order valence-electron chi connectivity index (χ2n) is 1.98. The van der Waals surface area contributed by atoms with Gasteiger partial charge in [-0.2, -0.15) is 0 Å². The summed E-state index contributed by atoms with van der Waals surface area (Å²) in [6, 6.07) is 0. The van der Waals surface area contributed by atoms with E-state index < -0.39 is 0 Å². The third-order valence-electron chi connectivity index (χ3n) is 1.20. The molecule has 0 fully saturated rings. The summed E-state index contributed by atoms with van der Waals surface area (Å²) < 4.78 is 5.15. The molecule has 0 N–H and O–H groups in total. The maximum absolute atomic E-state index is 5.15. The molecule has 58 valence electrons. The molecule has 0 aromatic carbocycles. The van der Waals surface area contributed by atoms with Gasteiger partial charge in [0, 0.05) is 12.4 Å². The van der Waals surface area contributed by atoms with Crippen LogP contribution in [-0.4, -0.2) is 16.6 Å². The van der Waals surface area contributed by atoms with E-state index in [1.54, 1.807) is 12.4 Å². The van der Waals surface area contributed by atoms with Gasteiger partial charge in [-0.25, -0.2) is 9.97 Å². The van der Waals surface area contributed by atoms with Crippen molar-refractivity contribution in [3.8, 4) is 0 Å². The molecule has 3 nitrogen and oxygen atoms in total. The van der Waals surface area contributed by atoms with Crippen LogP contribution in [0.15, 0.2) is 25.3 Å². The van der Waals surface area contributed by atoms with E-state index >= 15 is 0 Å². The lowest BCUT2D eigenvalue weighted by atomic mass is 10.3. The van der Waals surface area contributed by atoms with Crippen LogP contribution in [0.1, 0.15) is 12.5 Å². The van der Waals surface area contributed by atoms with Crippen molar-refractivity contribution in [2.24, 2.45) is 0 Å². The van der Waals surface area contributed by atoms with Crippen LogP contribution in [0.4, 0.5) is 0 Å². The van der Waals surface area contributed by atoms with E-state index in [2.05, 4.69) is 16.5 Å². The standard InChI is InChI=1S/C8H10N2O/c1-3-11-7(2)8-4-9-6-10-5-8/h4-6H,2-3H2,1H3. The first kappa shape index (κ1) is 7.72.